The number of rotatable bonds is 8. The van der Waals surface area contributed by atoms with E-state index < -0.39 is 10.9 Å². The summed E-state index contributed by atoms with van der Waals surface area (Å²) in [5, 5.41) is 14.6. The highest BCUT2D eigenvalue weighted by molar-refractivity contribution is 6.43. The zero-order valence-corrected chi connectivity index (χ0v) is 16.8. The Kier molecular flexibility index (Phi) is 6.89. The molecule has 1 aromatic heterocycles. The maximum absolute atomic E-state index is 12.1. The molecule has 0 aliphatic carbocycles. The van der Waals surface area contributed by atoms with Crippen molar-refractivity contribution in [3.63, 3.8) is 0 Å². The van der Waals surface area contributed by atoms with E-state index in [1.165, 1.54) is 26.5 Å². The number of hydrogen-bond donors (Lipinski definition) is 0. The van der Waals surface area contributed by atoms with E-state index in [4.69, 9.17) is 14.3 Å². The van der Waals surface area contributed by atoms with Crippen LogP contribution in [0.15, 0.2) is 72.0 Å². The minimum absolute atomic E-state index is 0.0369. The first-order valence-corrected chi connectivity index (χ1v) is 9.15. The Bertz CT molecular complexity index is 1110. The molecule has 0 atom stereocenters. The van der Waals surface area contributed by atoms with Crippen LogP contribution in [-0.2, 0) is 21.0 Å². The van der Waals surface area contributed by atoms with Crippen LogP contribution in [-0.4, -0.2) is 35.8 Å². The Morgan fingerprint density at radius 3 is 2.55 bits per heavy atom. The van der Waals surface area contributed by atoms with E-state index in [2.05, 4.69) is 10.1 Å². The molecule has 158 valence electrons. The molecule has 0 saturated heterocycles. The number of ether oxygens (including phenoxy) is 2. The van der Waals surface area contributed by atoms with E-state index in [1.807, 2.05) is 24.3 Å². The van der Waals surface area contributed by atoms with E-state index in [0.29, 0.717) is 16.9 Å². The van der Waals surface area contributed by atoms with Crippen molar-refractivity contribution in [2.24, 2.45) is 5.16 Å². The van der Waals surface area contributed by atoms with E-state index in [-0.39, 0.29) is 18.1 Å². The second-order valence-electron chi connectivity index (χ2n) is 6.25. The van der Waals surface area contributed by atoms with Crippen molar-refractivity contribution < 1.29 is 24.0 Å². The molecule has 0 aliphatic heterocycles. The van der Waals surface area contributed by atoms with Crippen LogP contribution in [0.3, 0.4) is 0 Å². The van der Waals surface area contributed by atoms with Gasteiger partial charge in [-0.3, -0.25) is 0 Å². The van der Waals surface area contributed by atoms with Gasteiger partial charge >= 0.3 is 11.8 Å². The van der Waals surface area contributed by atoms with Gasteiger partial charge in [-0.1, -0.05) is 41.6 Å². The fourth-order valence-electron chi connectivity index (χ4n) is 2.85. The molecule has 0 amide bonds. The van der Waals surface area contributed by atoms with Gasteiger partial charge in [0.25, 0.3) is 0 Å². The molecule has 0 bridgehead atoms. The predicted octanol–water partition coefficient (Wildman–Crippen LogP) is 3.76. The summed E-state index contributed by atoms with van der Waals surface area (Å²) in [5.74, 6) is -0.261. The minimum Gasteiger partial charge on any atom is -0.489 e. The summed E-state index contributed by atoms with van der Waals surface area (Å²) in [5.41, 5.74) is 2.80. The monoisotopic (exact) mass is 421 g/mol. The molecule has 0 fully saturated rings. The number of aromatic nitrogens is 1. The number of hydrogen-bond acceptors (Lipinski definition) is 8. The normalized spacial score (nSPS) is 11.0. The number of oxime groups is 1. The van der Waals surface area contributed by atoms with Gasteiger partial charge in [-0.05, 0) is 39.2 Å². The Balaban J connectivity index is 1.81. The molecule has 0 aliphatic rings. The van der Waals surface area contributed by atoms with Gasteiger partial charge in [0, 0.05) is 17.2 Å². The van der Waals surface area contributed by atoms with Gasteiger partial charge in [0.15, 0.2) is 5.71 Å². The van der Waals surface area contributed by atoms with Gasteiger partial charge < -0.3 is 24.4 Å². The minimum atomic E-state index is -0.623. The van der Waals surface area contributed by atoms with Crippen molar-refractivity contribution in [1.29, 1.82) is 0 Å². The first kappa shape index (κ1) is 21.4. The highest BCUT2D eigenvalue weighted by Crippen LogP contribution is 2.25. The average molecular weight is 421 g/mol. The van der Waals surface area contributed by atoms with Crippen molar-refractivity contribution >= 4 is 17.5 Å². The third kappa shape index (κ3) is 5.21. The lowest BCUT2D eigenvalue weighted by molar-refractivity contribution is -0.389. The lowest BCUT2D eigenvalue weighted by Gasteiger charge is -2.12. The predicted molar refractivity (Wildman–Crippen MR) is 113 cm³/mol. The van der Waals surface area contributed by atoms with Crippen LogP contribution >= 0.6 is 0 Å². The largest absolute Gasteiger partial charge is 0.489 e. The van der Waals surface area contributed by atoms with Crippen LogP contribution < -0.4 is 4.74 Å². The van der Waals surface area contributed by atoms with Crippen LogP contribution in [0.2, 0.25) is 0 Å². The van der Waals surface area contributed by atoms with Crippen LogP contribution in [0.5, 0.6) is 5.75 Å². The maximum atomic E-state index is 12.1. The number of carbonyl (C=O) groups is 1. The molecule has 1 heterocycles. The van der Waals surface area contributed by atoms with Crippen LogP contribution in [0.25, 0.3) is 11.1 Å². The van der Waals surface area contributed by atoms with E-state index in [9.17, 15) is 14.9 Å². The van der Waals surface area contributed by atoms with Crippen LogP contribution in [0.1, 0.15) is 11.1 Å². The highest BCUT2D eigenvalue weighted by atomic mass is 16.6. The van der Waals surface area contributed by atoms with Crippen LogP contribution in [0.4, 0.5) is 5.82 Å². The van der Waals surface area contributed by atoms with Gasteiger partial charge in [-0.25, -0.2) is 4.79 Å². The van der Waals surface area contributed by atoms with Gasteiger partial charge in [0.1, 0.15) is 25.7 Å². The Hall–Kier alpha value is -4.27. The topological polar surface area (TPSA) is 113 Å². The summed E-state index contributed by atoms with van der Waals surface area (Å²) in [6.45, 7) is 0.165. The van der Waals surface area contributed by atoms with Gasteiger partial charge in [-0.15, -0.1) is 0 Å². The molecule has 0 saturated carbocycles. The van der Waals surface area contributed by atoms with E-state index in [1.54, 1.807) is 30.3 Å². The summed E-state index contributed by atoms with van der Waals surface area (Å²) < 4.78 is 10.7. The first-order chi connectivity index (χ1) is 15.0. The lowest BCUT2D eigenvalue weighted by Crippen LogP contribution is -2.19. The number of methoxy groups -OCH3 is 1. The van der Waals surface area contributed by atoms with E-state index >= 15 is 0 Å². The van der Waals surface area contributed by atoms with Crippen molar-refractivity contribution in [3.05, 3.63) is 88.1 Å². The quantitative estimate of drug-likeness (QED) is 0.235. The molecule has 9 heteroatoms. The molecule has 0 spiro atoms. The smallest absolute Gasteiger partial charge is 0.363 e. The number of nitrogens with zero attached hydrogens (tertiary/aromatic N) is 3. The number of esters is 1. The molecular weight excluding hydrogens is 402 g/mol. The molecule has 3 aromatic rings. The number of benzene rings is 2. The SMILES string of the molecule is CO/N=C(/C(=O)OC)c1ccccc1COc1cccc(-c2ccc([N+](=O)[O-])nc2)c1. The summed E-state index contributed by atoms with van der Waals surface area (Å²) in [6.07, 6.45) is 1.44. The summed E-state index contributed by atoms with van der Waals surface area (Å²) in [6, 6.07) is 17.4. The zero-order chi connectivity index (χ0) is 22.2. The fourth-order valence-corrected chi connectivity index (χ4v) is 2.85. The Morgan fingerprint density at radius 2 is 1.87 bits per heavy atom. The second kappa shape index (κ2) is 9.97. The van der Waals surface area contributed by atoms with Crippen LogP contribution in [0, 0.1) is 10.1 Å². The highest BCUT2D eigenvalue weighted by Gasteiger charge is 2.19. The van der Waals surface area contributed by atoms with Crippen molar-refractivity contribution in [2.75, 3.05) is 14.2 Å². The maximum Gasteiger partial charge on any atom is 0.363 e. The second-order valence-corrected chi connectivity index (χ2v) is 6.25. The third-order valence-corrected chi connectivity index (χ3v) is 4.33. The standard InChI is InChI=1S/C22H19N3O6/c1-29-22(26)21(24-30-2)19-9-4-3-6-17(19)14-31-18-8-5-7-15(12-18)16-10-11-20(23-13-16)25(27)28/h3-13H,14H2,1-2H3/b24-21+. The Morgan fingerprint density at radius 1 is 1.06 bits per heavy atom. The number of pyridine rings is 1. The summed E-state index contributed by atoms with van der Waals surface area (Å²) in [4.78, 5) is 30.9. The molecule has 31 heavy (non-hydrogen) atoms. The Labute approximate surface area is 178 Å². The first-order valence-electron chi connectivity index (χ1n) is 9.15. The molecule has 0 N–H and O–H groups in total. The van der Waals surface area contributed by atoms with E-state index in [0.717, 1.165) is 11.1 Å². The third-order valence-electron chi connectivity index (χ3n) is 4.33. The summed E-state index contributed by atoms with van der Waals surface area (Å²) >= 11 is 0. The molecular formula is C22H19N3O6. The number of nitro groups is 1. The number of carbonyl (C=O) groups excluding carboxylic acids is 1. The van der Waals surface area contributed by atoms with Gasteiger partial charge in [0.05, 0.1) is 7.11 Å². The van der Waals surface area contributed by atoms with Crippen molar-refractivity contribution in [2.45, 2.75) is 6.61 Å². The van der Waals surface area contributed by atoms with Crippen molar-refractivity contribution in [1.82, 2.24) is 4.98 Å². The van der Waals surface area contributed by atoms with Gasteiger partial charge in [0.2, 0.25) is 0 Å². The lowest BCUT2D eigenvalue weighted by atomic mass is 10.0. The van der Waals surface area contributed by atoms with Gasteiger partial charge in [-0.2, -0.15) is 0 Å². The molecule has 0 radical (unpaired) electrons. The van der Waals surface area contributed by atoms with Crippen molar-refractivity contribution in [3.8, 4) is 16.9 Å². The zero-order valence-electron chi connectivity index (χ0n) is 16.8. The molecule has 9 nitrogen and oxygen atoms in total. The summed E-state index contributed by atoms with van der Waals surface area (Å²) in [7, 11) is 2.62. The molecule has 0 unspecified atom stereocenters. The fraction of sp³-hybridized carbons (Fsp3) is 0.136. The average Bonchev–Trinajstić information content (AvgIpc) is 2.81. The molecule has 3 rings (SSSR count). The molecule has 2 aromatic carbocycles.